The van der Waals surface area contributed by atoms with Crippen molar-refractivity contribution in [3.8, 4) is 0 Å². The summed E-state index contributed by atoms with van der Waals surface area (Å²) in [7, 11) is 1.56. The number of aromatic nitrogens is 2. The number of nitrogens with zero attached hydrogens (tertiary/aromatic N) is 3. The molecule has 2 atom stereocenters. The Morgan fingerprint density at radius 2 is 2.07 bits per heavy atom. The average molecular weight is 396 g/mol. The van der Waals surface area contributed by atoms with Crippen molar-refractivity contribution in [2.45, 2.75) is 44.1 Å². The molecule has 0 saturated carbocycles. The van der Waals surface area contributed by atoms with Gasteiger partial charge in [-0.05, 0) is 37.3 Å². The third-order valence-electron chi connectivity index (χ3n) is 5.60. The molecular weight excluding hydrogens is 375 g/mol. The predicted molar refractivity (Wildman–Crippen MR) is 101 cm³/mol. The highest BCUT2D eigenvalue weighted by atomic mass is 32.2. The van der Waals surface area contributed by atoms with Gasteiger partial charge in [-0.1, -0.05) is 13.0 Å². The molecule has 0 amide bonds. The first-order valence-corrected chi connectivity index (χ1v) is 9.73. The lowest BCUT2D eigenvalue weighted by Gasteiger charge is -2.45. The van der Waals surface area contributed by atoms with Crippen LogP contribution in [-0.4, -0.2) is 34.3 Å². The SMILES string of the molecule is CCSc1cnc2n1C1=C(C)C(OC)=C(C)CC13C=CC=C[N+]23C(F)(F)F. The van der Waals surface area contributed by atoms with Gasteiger partial charge in [0, 0.05) is 12.0 Å². The van der Waals surface area contributed by atoms with E-state index in [0.717, 1.165) is 16.9 Å². The molecule has 0 bridgehead atoms. The lowest BCUT2D eigenvalue weighted by Crippen LogP contribution is -2.68. The summed E-state index contributed by atoms with van der Waals surface area (Å²) in [6.07, 6.45) is 3.29. The van der Waals surface area contributed by atoms with Crippen molar-refractivity contribution in [2.75, 3.05) is 12.9 Å². The molecule has 4 nitrogen and oxygen atoms in total. The van der Waals surface area contributed by atoms with Gasteiger partial charge in [-0.2, -0.15) is 4.98 Å². The van der Waals surface area contributed by atoms with E-state index in [4.69, 9.17) is 4.74 Å². The van der Waals surface area contributed by atoms with Crippen molar-refractivity contribution in [3.63, 3.8) is 0 Å². The molecule has 0 saturated heterocycles. The number of alkyl halides is 3. The zero-order chi connectivity index (χ0) is 19.6. The third kappa shape index (κ3) is 2.03. The summed E-state index contributed by atoms with van der Waals surface area (Å²) in [6.45, 7) is 5.66. The summed E-state index contributed by atoms with van der Waals surface area (Å²) in [5.41, 5.74) is 0.824. The zero-order valence-corrected chi connectivity index (χ0v) is 16.4. The van der Waals surface area contributed by atoms with Gasteiger partial charge >= 0.3 is 12.2 Å². The molecule has 8 heteroatoms. The highest BCUT2D eigenvalue weighted by Gasteiger charge is 2.76. The Kier molecular flexibility index (Phi) is 3.95. The van der Waals surface area contributed by atoms with Crippen LogP contribution < -0.4 is 4.48 Å². The summed E-state index contributed by atoms with van der Waals surface area (Å²) < 4.78 is 50.1. The predicted octanol–water partition coefficient (Wildman–Crippen LogP) is 5.21. The van der Waals surface area contributed by atoms with E-state index in [-0.39, 0.29) is 12.4 Å². The molecule has 2 unspecified atom stereocenters. The second kappa shape index (κ2) is 5.78. The van der Waals surface area contributed by atoms with E-state index in [9.17, 15) is 13.2 Å². The molecular formula is C19H21F3N3OS+. The van der Waals surface area contributed by atoms with Gasteiger partial charge in [0.1, 0.15) is 22.7 Å². The number of quaternary nitrogens is 1. The van der Waals surface area contributed by atoms with Crippen LogP contribution in [0.2, 0.25) is 0 Å². The number of methoxy groups -OCH3 is 1. The van der Waals surface area contributed by atoms with Gasteiger partial charge in [-0.15, -0.1) is 29.4 Å². The van der Waals surface area contributed by atoms with E-state index >= 15 is 0 Å². The highest BCUT2D eigenvalue weighted by Crippen LogP contribution is 2.62. The Balaban J connectivity index is 2.15. The maximum atomic E-state index is 14.7. The summed E-state index contributed by atoms with van der Waals surface area (Å²) in [5.74, 6) is 1.39. The van der Waals surface area contributed by atoms with Gasteiger partial charge < -0.3 is 4.74 Å². The van der Waals surface area contributed by atoms with Crippen molar-refractivity contribution >= 4 is 23.4 Å². The number of halogens is 3. The van der Waals surface area contributed by atoms with Crippen molar-refractivity contribution in [2.24, 2.45) is 0 Å². The minimum absolute atomic E-state index is 0.0152. The standard InChI is InChI=1S/C19H21F3N3OS/c1-5-27-14-11-23-17-24(14)16-13(3)15(26-4)12(2)10-18(16)8-6-7-9-25(17,18)19(20,21)22/h6-9,11H,5,10H2,1-4H3/q+1. The second-order valence-electron chi connectivity index (χ2n) is 6.94. The van der Waals surface area contributed by atoms with Gasteiger partial charge in [0.2, 0.25) is 0 Å². The number of hydrogen-bond acceptors (Lipinski definition) is 3. The third-order valence-corrected chi connectivity index (χ3v) is 6.47. The maximum Gasteiger partial charge on any atom is 0.574 e. The van der Waals surface area contributed by atoms with Crippen LogP contribution >= 0.6 is 11.8 Å². The molecule has 144 valence electrons. The minimum Gasteiger partial charge on any atom is -0.496 e. The quantitative estimate of drug-likeness (QED) is 0.399. The lowest BCUT2D eigenvalue weighted by atomic mass is 9.77. The number of hydrogen-bond donors (Lipinski definition) is 0. The molecule has 1 aromatic rings. The highest BCUT2D eigenvalue weighted by molar-refractivity contribution is 7.99. The smallest absolute Gasteiger partial charge is 0.496 e. The Morgan fingerprint density at radius 3 is 2.70 bits per heavy atom. The van der Waals surface area contributed by atoms with Gasteiger partial charge in [-0.3, -0.25) is 0 Å². The van der Waals surface area contributed by atoms with Crippen LogP contribution in [0.3, 0.4) is 0 Å². The Labute approximate surface area is 160 Å². The van der Waals surface area contributed by atoms with Gasteiger partial charge in [-0.25, -0.2) is 4.57 Å². The minimum atomic E-state index is -4.55. The van der Waals surface area contributed by atoms with Crippen LogP contribution in [0.5, 0.6) is 0 Å². The molecule has 0 aromatic carbocycles. The van der Waals surface area contributed by atoms with Crippen molar-refractivity contribution < 1.29 is 17.9 Å². The lowest BCUT2D eigenvalue weighted by molar-refractivity contribution is -0.236. The first kappa shape index (κ1) is 18.4. The van der Waals surface area contributed by atoms with Gasteiger partial charge in [0.15, 0.2) is 5.54 Å². The van der Waals surface area contributed by atoms with E-state index in [1.165, 1.54) is 24.0 Å². The summed E-state index contributed by atoms with van der Waals surface area (Å²) in [5, 5.41) is 0.717. The monoisotopic (exact) mass is 396 g/mol. The zero-order valence-electron chi connectivity index (χ0n) is 15.6. The van der Waals surface area contributed by atoms with Gasteiger partial charge in [0.25, 0.3) is 0 Å². The Bertz CT molecular complexity index is 940. The average Bonchev–Trinajstić information content (AvgIpc) is 3.09. The molecule has 0 N–H and O–H groups in total. The van der Waals surface area contributed by atoms with Crippen LogP contribution in [-0.2, 0) is 4.74 Å². The topological polar surface area (TPSA) is 27.1 Å². The number of imidazole rings is 1. The molecule has 0 fully saturated rings. The fraction of sp³-hybridized carbons (Fsp3) is 0.421. The van der Waals surface area contributed by atoms with E-state index in [0.29, 0.717) is 16.5 Å². The van der Waals surface area contributed by atoms with Crippen LogP contribution in [0, 0.1) is 0 Å². The number of allylic oxidation sites excluding steroid dienone is 3. The first-order chi connectivity index (χ1) is 12.7. The number of fused-ring (bicyclic) bond motifs is 3. The Hall–Kier alpha value is -1.93. The fourth-order valence-corrected chi connectivity index (χ4v) is 5.51. The molecule has 3 aliphatic rings. The number of ether oxygens (including phenoxy) is 1. The maximum absolute atomic E-state index is 14.7. The van der Waals surface area contributed by atoms with E-state index in [1.807, 2.05) is 20.8 Å². The van der Waals surface area contributed by atoms with E-state index < -0.39 is 16.3 Å². The molecule has 1 aromatic heterocycles. The van der Waals surface area contributed by atoms with Crippen molar-refractivity contribution in [1.29, 1.82) is 0 Å². The summed E-state index contributed by atoms with van der Waals surface area (Å²) in [4.78, 5) is 4.28. The molecule has 1 aliphatic carbocycles. The number of rotatable bonds is 3. The van der Waals surface area contributed by atoms with Crippen LogP contribution in [0.4, 0.5) is 19.1 Å². The molecule has 1 spiro atoms. The molecule has 4 rings (SSSR count). The van der Waals surface area contributed by atoms with Crippen LogP contribution in [0.25, 0.3) is 5.70 Å². The summed E-state index contributed by atoms with van der Waals surface area (Å²) >= 11 is 1.49. The summed E-state index contributed by atoms with van der Waals surface area (Å²) in [6, 6.07) is 0. The Morgan fingerprint density at radius 1 is 1.33 bits per heavy atom. The number of thioether (sulfide) groups is 1. The van der Waals surface area contributed by atoms with Crippen molar-refractivity contribution in [1.82, 2.24) is 14.0 Å². The van der Waals surface area contributed by atoms with Crippen molar-refractivity contribution in [3.05, 3.63) is 47.5 Å². The van der Waals surface area contributed by atoms with E-state index in [2.05, 4.69) is 4.98 Å². The van der Waals surface area contributed by atoms with Gasteiger partial charge in [0.05, 0.1) is 13.3 Å². The molecule has 0 radical (unpaired) electrons. The van der Waals surface area contributed by atoms with Crippen LogP contribution in [0.1, 0.15) is 27.2 Å². The molecule has 2 aliphatic heterocycles. The normalized spacial score (nSPS) is 29.1. The molecule has 3 heterocycles. The van der Waals surface area contributed by atoms with Crippen LogP contribution in [0.15, 0.2) is 52.6 Å². The fourth-order valence-electron chi connectivity index (χ4n) is 4.79. The second-order valence-corrected chi connectivity index (χ2v) is 8.23. The van der Waals surface area contributed by atoms with E-state index in [1.54, 1.807) is 30.0 Å². The molecule has 27 heavy (non-hydrogen) atoms. The largest absolute Gasteiger partial charge is 0.574 e. The first-order valence-electron chi connectivity index (χ1n) is 8.75.